The standard InChI is InChI=1S/C20H23FN4O2/c1-13-10-16(3-4-17(13)21)23-19(26)14-2-5-18-15(11-14)12-22-20(24-18)25-6-8-27-9-7-25/h3-4,10,12,14H,2,5-9,11H2,1H3,(H,23,26)/t14-/m0/s1. The Morgan fingerprint density at radius 3 is 2.93 bits per heavy atom. The van der Waals surface area contributed by atoms with Crippen molar-refractivity contribution in [3.8, 4) is 0 Å². The molecule has 1 amide bonds. The molecule has 1 fully saturated rings. The SMILES string of the molecule is Cc1cc(NC(=O)[C@H]2CCc3nc(N4CCOCC4)ncc3C2)ccc1F. The molecule has 1 atom stereocenters. The van der Waals surface area contributed by atoms with Gasteiger partial charge >= 0.3 is 0 Å². The number of halogens is 1. The van der Waals surface area contributed by atoms with E-state index >= 15 is 0 Å². The number of carbonyl (C=O) groups excluding carboxylic acids is 1. The van der Waals surface area contributed by atoms with Gasteiger partial charge < -0.3 is 15.0 Å². The van der Waals surface area contributed by atoms with Gasteiger partial charge in [-0.3, -0.25) is 4.79 Å². The van der Waals surface area contributed by atoms with Gasteiger partial charge in [0.05, 0.1) is 13.2 Å². The van der Waals surface area contributed by atoms with Crippen molar-refractivity contribution in [2.24, 2.45) is 5.92 Å². The highest BCUT2D eigenvalue weighted by atomic mass is 19.1. The Labute approximate surface area is 157 Å². The largest absolute Gasteiger partial charge is 0.378 e. The van der Waals surface area contributed by atoms with Gasteiger partial charge in [-0.1, -0.05) is 0 Å². The van der Waals surface area contributed by atoms with Crippen LogP contribution in [0, 0.1) is 18.7 Å². The Kier molecular flexibility index (Phi) is 5.03. The van der Waals surface area contributed by atoms with E-state index in [0.29, 0.717) is 30.9 Å². The van der Waals surface area contributed by atoms with Crippen molar-refractivity contribution in [3.05, 3.63) is 47.0 Å². The first-order chi connectivity index (χ1) is 13.1. The fourth-order valence-electron chi connectivity index (χ4n) is 3.60. The van der Waals surface area contributed by atoms with Crippen LogP contribution in [-0.4, -0.2) is 42.2 Å². The third-order valence-corrected chi connectivity index (χ3v) is 5.23. The molecule has 2 heterocycles. The van der Waals surface area contributed by atoms with Gasteiger partial charge in [0.2, 0.25) is 11.9 Å². The average Bonchev–Trinajstić information content (AvgIpc) is 2.70. The van der Waals surface area contributed by atoms with Crippen LogP contribution < -0.4 is 10.2 Å². The Morgan fingerprint density at radius 2 is 2.15 bits per heavy atom. The lowest BCUT2D eigenvalue weighted by atomic mass is 9.86. The van der Waals surface area contributed by atoms with Crippen LogP contribution in [0.5, 0.6) is 0 Å². The summed E-state index contributed by atoms with van der Waals surface area (Å²) in [6, 6.07) is 4.62. The van der Waals surface area contributed by atoms with Gasteiger partial charge in [0, 0.05) is 36.6 Å². The highest BCUT2D eigenvalue weighted by molar-refractivity contribution is 5.93. The number of carbonyl (C=O) groups is 1. The zero-order chi connectivity index (χ0) is 18.8. The van der Waals surface area contributed by atoms with E-state index in [4.69, 9.17) is 9.72 Å². The van der Waals surface area contributed by atoms with Crippen LogP contribution in [0.1, 0.15) is 23.2 Å². The molecule has 27 heavy (non-hydrogen) atoms. The molecule has 1 saturated heterocycles. The quantitative estimate of drug-likeness (QED) is 0.899. The van der Waals surface area contributed by atoms with E-state index in [2.05, 4.69) is 15.2 Å². The van der Waals surface area contributed by atoms with Crippen LogP contribution in [0.3, 0.4) is 0 Å². The number of ether oxygens (including phenoxy) is 1. The highest BCUT2D eigenvalue weighted by Gasteiger charge is 2.27. The zero-order valence-electron chi connectivity index (χ0n) is 15.4. The second-order valence-corrected chi connectivity index (χ2v) is 7.13. The van der Waals surface area contributed by atoms with Crippen LogP contribution in [0.25, 0.3) is 0 Å². The van der Waals surface area contributed by atoms with E-state index in [0.717, 1.165) is 43.1 Å². The Balaban J connectivity index is 1.43. The van der Waals surface area contributed by atoms with Crippen molar-refractivity contribution in [2.75, 3.05) is 36.5 Å². The zero-order valence-corrected chi connectivity index (χ0v) is 15.4. The topological polar surface area (TPSA) is 67.4 Å². The van der Waals surface area contributed by atoms with E-state index in [1.807, 2.05) is 6.20 Å². The normalized spacial score (nSPS) is 19.5. The minimum Gasteiger partial charge on any atom is -0.378 e. The predicted molar refractivity (Wildman–Crippen MR) is 100 cm³/mol. The molecule has 0 saturated carbocycles. The molecule has 2 aliphatic rings. The smallest absolute Gasteiger partial charge is 0.227 e. The summed E-state index contributed by atoms with van der Waals surface area (Å²) in [6.07, 6.45) is 3.99. The molecular formula is C20H23FN4O2. The number of hydrogen-bond acceptors (Lipinski definition) is 5. The number of amides is 1. The van der Waals surface area contributed by atoms with E-state index in [9.17, 15) is 9.18 Å². The first-order valence-electron chi connectivity index (χ1n) is 9.34. The van der Waals surface area contributed by atoms with Crippen molar-refractivity contribution in [1.82, 2.24) is 9.97 Å². The maximum atomic E-state index is 13.4. The number of morpholine rings is 1. The number of anilines is 2. The molecule has 6 nitrogen and oxygen atoms in total. The third-order valence-electron chi connectivity index (χ3n) is 5.23. The minimum atomic E-state index is -0.271. The molecule has 7 heteroatoms. The summed E-state index contributed by atoms with van der Waals surface area (Å²) >= 11 is 0. The van der Waals surface area contributed by atoms with E-state index in [-0.39, 0.29) is 17.6 Å². The summed E-state index contributed by atoms with van der Waals surface area (Å²) in [4.78, 5) is 24.0. The van der Waals surface area contributed by atoms with Gasteiger partial charge in [-0.25, -0.2) is 14.4 Å². The van der Waals surface area contributed by atoms with Crippen molar-refractivity contribution in [1.29, 1.82) is 0 Å². The van der Waals surface area contributed by atoms with Gasteiger partial charge in [0.1, 0.15) is 5.82 Å². The lowest BCUT2D eigenvalue weighted by Gasteiger charge is -2.28. The number of fused-ring (bicyclic) bond motifs is 1. The Hall–Kier alpha value is -2.54. The number of nitrogens with zero attached hydrogens (tertiary/aromatic N) is 3. The summed E-state index contributed by atoms with van der Waals surface area (Å²) in [7, 11) is 0. The second kappa shape index (κ2) is 7.60. The summed E-state index contributed by atoms with van der Waals surface area (Å²) in [6.45, 7) is 4.70. The maximum absolute atomic E-state index is 13.4. The number of aromatic nitrogens is 2. The molecule has 4 rings (SSSR count). The van der Waals surface area contributed by atoms with Gasteiger partial charge in [-0.2, -0.15) is 0 Å². The van der Waals surface area contributed by atoms with Gasteiger partial charge in [0.25, 0.3) is 0 Å². The Morgan fingerprint density at radius 1 is 1.33 bits per heavy atom. The average molecular weight is 370 g/mol. The van der Waals surface area contributed by atoms with Crippen LogP contribution in [0.2, 0.25) is 0 Å². The van der Waals surface area contributed by atoms with Gasteiger partial charge in [-0.05, 0) is 55.5 Å². The second-order valence-electron chi connectivity index (χ2n) is 7.13. The molecular weight excluding hydrogens is 347 g/mol. The molecule has 0 bridgehead atoms. The minimum absolute atomic E-state index is 0.0380. The lowest BCUT2D eigenvalue weighted by Crippen LogP contribution is -2.38. The molecule has 0 spiro atoms. The summed E-state index contributed by atoms with van der Waals surface area (Å²) in [5.41, 5.74) is 3.22. The van der Waals surface area contributed by atoms with E-state index in [1.54, 1.807) is 19.1 Å². The van der Waals surface area contributed by atoms with Crippen molar-refractivity contribution in [2.45, 2.75) is 26.2 Å². The van der Waals surface area contributed by atoms with Crippen molar-refractivity contribution < 1.29 is 13.9 Å². The predicted octanol–water partition coefficient (Wildman–Crippen LogP) is 2.50. The molecule has 0 radical (unpaired) electrons. The third kappa shape index (κ3) is 3.93. The Bertz CT molecular complexity index is 852. The molecule has 1 aliphatic heterocycles. The van der Waals surface area contributed by atoms with E-state index < -0.39 is 0 Å². The molecule has 0 unspecified atom stereocenters. The lowest BCUT2D eigenvalue weighted by molar-refractivity contribution is -0.120. The number of aryl methyl sites for hydroxylation is 2. The number of nitrogens with one attached hydrogen (secondary N) is 1. The molecule has 1 aliphatic carbocycles. The van der Waals surface area contributed by atoms with Crippen LogP contribution in [-0.2, 0) is 22.4 Å². The number of hydrogen-bond donors (Lipinski definition) is 1. The summed E-state index contributed by atoms with van der Waals surface area (Å²) < 4.78 is 18.8. The summed E-state index contributed by atoms with van der Waals surface area (Å²) in [5, 5.41) is 2.91. The van der Waals surface area contributed by atoms with Crippen molar-refractivity contribution >= 4 is 17.5 Å². The molecule has 2 aromatic rings. The fourth-order valence-corrected chi connectivity index (χ4v) is 3.60. The molecule has 1 aromatic carbocycles. The number of benzene rings is 1. The fraction of sp³-hybridized carbons (Fsp3) is 0.450. The number of rotatable bonds is 3. The van der Waals surface area contributed by atoms with E-state index in [1.165, 1.54) is 6.07 Å². The molecule has 1 aromatic heterocycles. The van der Waals surface area contributed by atoms with Crippen LogP contribution >= 0.6 is 0 Å². The summed E-state index contributed by atoms with van der Waals surface area (Å²) in [5.74, 6) is 0.319. The van der Waals surface area contributed by atoms with Crippen LogP contribution in [0.15, 0.2) is 24.4 Å². The molecule has 1 N–H and O–H groups in total. The highest BCUT2D eigenvalue weighted by Crippen LogP contribution is 2.27. The molecule has 142 valence electrons. The first kappa shape index (κ1) is 17.9. The van der Waals surface area contributed by atoms with Gasteiger partial charge in [-0.15, -0.1) is 0 Å². The van der Waals surface area contributed by atoms with Crippen molar-refractivity contribution in [3.63, 3.8) is 0 Å². The van der Waals surface area contributed by atoms with Crippen LogP contribution in [0.4, 0.5) is 16.0 Å². The first-order valence-corrected chi connectivity index (χ1v) is 9.34. The monoisotopic (exact) mass is 370 g/mol. The maximum Gasteiger partial charge on any atom is 0.227 e. The van der Waals surface area contributed by atoms with Gasteiger partial charge in [0.15, 0.2) is 0 Å².